The number of nitrogens with two attached hydrogens (primary N) is 1. The third-order valence-corrected chi connectivity index (χ3v) is 2.04. The van der Waals surface area contributed by atoms with E-state index in [2.05, 4.69) is 15.5 Å². The van der Waals surface area contributed by atoms with Crippen LogP contribution in [0.1, 0.15) is 19.8 Å². The van der Waals surface area contributed by atoms with E-state index < -0.39 is 0 Å². The maximum absolute atomic E-state index is 11.3. The van der Waals surface area contributed by atoms with Crippen molar-refractivity contribution in [2.75, 3.05) is 11.9 Å². The van der Waals surface area contributed by atoms with Gasteiger partial charge in [0.15, 0.2) is 0 Å². The van der Waals surface area contributed by atoms with Gasteiger partial charge in [-0.2, -0.15) is 5.10 Å². The smallest absolute Gasteiger partial charge is 0.225 e. The Balaban J connectivity index is 2.23. The summed E-state index contributed by atoms with van der Waals surface area (Å²) in [4.78, 5) is 11.3. The molecule has 0 bridgehead atoms. The Hall–Kier alpha value is -1.36. The van der Waals surface area contributed by atoms with Crippen LogP contribution < -0.4 is 11.1 Å². The van der Waals surface area contributed by atoms with Crippen LogP contribution in [-0.2, 0) is 4.79 Å². The van der Waals surface area contributed by atoms with Crippen molar-refractivity contribution in [1.29, 1.82) is 0 Å². The number of nitrogens with one attached hydrogen (secondary N) is 2. The molecule has 1 rings (SSSR count). The van der Waals surface area contributed by atoms with Gasteiger partial charge in [0.05, 0.1) is 6.20 Å². The Labute approximate surface area is 83.1 Å². The number of hydrogen-bond donors (Lipinski definition) is 3. The molecule has 1 atom stereocenters. The molecule has 0 aromatic carbocycles. The van der Waals surface area contributed by atoms with E-state index in [1.807, 2.05) is 6.92 Å². The SMILES string of the molecule is CC(CN)CCC(=O)Nc1ccn[nH]1. The van der Waals surface area contributed by atoms with Crippen LogP contribution in [0.2, 0.25) is 0 Å². The second kappa shape index (κ2) is 5.39. The molecule has 1 heterocycles. The standard InChI is InChI=1S/C9H16N4O/c1-7(6-10)2-3-9(14)12-8-4-5-11-13-8/h4-5,7H,2-3,6,10H2,1H3,(H2,11,12,13,14). The van der Waals surface area contributed by atoms with Gasteiger partial charge >= 0.3 is 0 Å². The molecule has 0 radical (unpaired) electrons. The number of hydrogen-bond acceptors (Lipinski definition) is 3. The predicted molar refractivity (Wildman–Crippen MR) is 54.7 cm³/mol. The zero-order valence-electron chi connectivity index (χ0n) is 8.29. The van der Waals surface area contributed by atoms with Gasteiger partial charge in [-0.1, -0.05) is 6.92 Å². The normalized spacial score (nSPS) is 12.4. The van der Waals surface area contributed by atoms with E-state index in [0.717, 1.165) is 6.42 Å². The number of aromatic amines is 1. The van der Waals surface area contributed by atoms with Crippen molar-refractivity contribution in [3.8, 4) is 0 Å². The molecule has 1 unspecified atom stereocenters. The average Bonchev–Trinajstić information content (AvgIpc) is 2.66. The van der Waals surface area contributed by atoms with Crippen molar-refractivity contribution in [3.05, 3.63) is 12.3 Å². The lowest BCUT2D eigenvalue weighted by Gasteiger charge is -2.07. The van der Waals surface area contributed by atoms with Gasteiger partial charge in [-0.25, -0.2) is 0 Å². The zero-order valence-corrected chi connectivity index (χ0v) is 8.29. The van der Waals surface area contributed by atoms with Gasteiger partial charge in [-0.3, -0.25) is 9.89 Å². The Bertz CT molecular complexity index is 270. The van der Waals surface area contributed by atoms with E-state index in [0.29, 0.717) is 24.7 Å². The minimum atomic E-state index is -0.00505. The van der Waals surface area contributed by atoms with Crippen LogP contribution in [0.15, 0.2) is 12.3 Å². The topological polar surface area (TPSA) is 83.8 Å². The summed E-state index contributed by atoms with van der Waals surface area (Å²) in [5.74, 6) is 1.02. The van der Waals surface area contributed by atoms with E-state index in [-0.39, 0.29) is 5.91 Å². The van der Waals surface area contributed by atoms with Crippen LogP contribution in [0.3, 0.4) is 0 Å². The summed E-state index contributed by atoms with van der Waals surface area (Å²) < 4.78 is 0. The van der Waals surface area contributed by atoms with Gasteiger partial charge in [0, 0.05) is 12.5 Å². The van der Waals surface area contributed by atoms with E-state index in [4.69, 9.17) is 5.73 Å². The number of aromatic nitrogens is 2. The molecule has 0 spiro atoms. The van der Waals surface area contributed by atoms with Crippen LogP contribution in [0, 0.1) is 5.92 Å². The molecule has 5 nitrogen and oxygen atoms in total. The molecular weight excluding hydrogens is 180 g/mol. The maximum Gasteiger partial charge on any atom is 0.225 e. The monoisotopic (exact) mass is 196 g/mol. The maximum atomic E-state index is 11.3. The molecule has 1 aromatic heterocycles. The van der Waals surface area contributed by atoms with Gasteiger partial charge in [0.2, 0.25) is 5.91 Å². The van der Waals surface area contributed by atoms with Crippen LogP contribution in [0.25, 0.3) is 0 Å². The number of amides is 1. The highest BCUT2D eigenvalue weighted by Gasteiger charge is 2.05. The molecule has 0 saturated heterocycles. The Morgan fingerprint density at radius 1 is 1.79 bits per heavy atom. The molecule has 78 valence electrons. The van der Waals surface area contributed by atoms with Crippen molar-refractivity contribution >= 4 is 11.7 Å². The number of nitrogens with zero attached hydrogens (tertiary/aromatic N) is 1. The van der Waals surface area contributed by atoms with Gasteiger partial charge in [0.1, 0.15) is 5.82 Å². The van der Waals surface area contributed by atoms with E-state index in [9.17, 15) is 4.79 Å². The minimum absolute atomic E-state index is 0.00505. The van der Waals surface area contributed by atoms with Crippen LogP contribution in [0.4, 0.5) is 5.82 Å². The molecule has 5 heteroatoms. The molecule has 14 heavy (non-hydrogen) atoms. The molecule has 0 fully saturated rings. The number of carbonyl (C=O) groups is 1. The fourth-order valence-corrected chi connectivity index (χ4v) is 1.03. The third-order valence-electron chi connectivity index (χ3n) is 2.04. The molecule has 0 aliphatic heterocycles. The summed E-state index contributed by atoms with van der Waals surface area (Å²) in [5.41, 5.74) is 5.45. The summed E-state index contributed by atoms with van der Waals surface area (Å²) >= 11 is 0. The summed E-state index contributed by atoms with van der Waals surface area (Å²) in [6, 6.07) is 1.71. The largest absolute Gasteiger partial charge is 0.330 e. The first kappa shape index (κ1) is 10.7. The molecule has 4 N–H and O–H groups in total. The highest BCUT2D eigenvalue weighted by molar-refractivity contribution is 5.89. The Morgan fingerprint density at radius 3 is 3.14 bits per heavy atom. The lowest BCUT2D eigenvalue weighted by atomic mass is 10.1. The van der Waals surface area contributed by atoms with Crippen LogP contribution >= 0.6 is 0 Å². The summed E-state index contributed by atoms with van der Waals surface area (Å²) in [5, 5.41) is 9.09. The lowest BCUT2D eigenvalue weighted by Crippen LogP contribution is -2.16. The zero-order chi connectivity index (χ0) is 10.4. The number of rotatable bonds is 5. The summed E-state index contributed by atoms with van der Waals surface area (Å²) in [6.45, 7) is 2.65. The van der Waals surface area contributed by atoms with Gasteiger partial charge in [0.25, 0.3) is 0 Å². The van der Waals surface area contributed by atoms with Gasteiger partial charge in [-0.15, -0.1) is 0 Å². The first-order chi connectivity index (χ1) is 6.72. The van der Waals surface area contributed by atoms with Gasteiger partial charge < -0.3 is 11.1 Å². The molecule has 1 amide bonds. The summed E-state index contributed by atoms with van der Waals surface area (Å²) in [7, 11) is 0. The first-order valence-corrected chi connectivity index (χ1v) is 4.71. The highest BCUT2D eigenvalue weighted by atomic mass is 16.1. The second-order valence-electron chi connectivity index (χ2n) is 3.40. The van der Waals surface area contributed by atoms with Crippen molar-refractivity contribution in [1.82, 2.24) is 10.2 Å². The van der Waals surface area contributed by atoms with Crippen molar-refractivity contribution in [2.45, 2.75) is 19.8 Å². The second-order valence-corrected chi connectivity index (χ2v) is 3.40. The predicted octanol–water partition coefficient (Wildman–Crippen LogP) is 0.723. The molecule has 0 aliphatic carbocycles. The number of H-pyrrole nitrogens is 1. The average molecular weight is 196 g/mol. The minimum Gasteiger partial charge on any atom is -0.330 e. The van der Waals surface area contributed by atoms with E-state index in [1.165, 1.54) is 0 Å². The number of carbonyl (C=O) groups excluding carboxylic acids is 1. The van der Waals surface area contributed by atoms with Gasteiger partial charge in [-0.05, 0) is 18.9 Å². The molecule has 0 saturated carbocycles. The van der Waals surface area contributed by atoms with Crippen molar-refractivity contribution < 1.29 is 4.79 Å². The Kier molecular flexibility index (Phi) is 4.12. The molecule has 1 aromatic rings. The van der Waals surface area contributed by atoms with Crippen molar-refractivity contribution in [2.24, 2.45) is 11.7 Å². The third kappa shape index (κ3) is 3.57. The van der Waals surface area contributed by atoms with Crippen molar-refractivity contribution in [3.63, 3.8) is 0 Å². The van der Waals surface area contributed by atoms with E-state index >= 15 is 0 Å². The first-order valence-electron chi connectivity index (χ1n) is 4.71. The van der Waals surface area contributed by atoms with Crippen LogP contribution in [0.5, 0.6) is 0 Å². The number of anilines is 1. The molecular formula is C9H16N4O. The lowest BCUT2D eigenvalue weighted by molar-refractivity contribution is -0.116. The van der Waals surface area contributed by atoms with Crippen LogP contribution in [-0.4, -0.2) is 22.6 Å². The molecule has 0 aliphatic rings. The quantitative estimate of drug-likeness (QED) is 0.649. The fourth-order valence-electron chi connectivity index (χ4n) is 1.03. The highest BCUT2D eigenvalue weighted by Crippen LogP contribution is 2.05. The fraction of sp³-hybridized carbons (Fsp3) is 0.556. The summed E-state index contributed by atoms with van der Waals surface area (Å²) in [6.07, 6.45) is 2.91. The Morgan fingerprint density at radius 2 is 2.57 bits per heavy atom. The van der Waals surface area contributed by atoms with E-state index in [1.54, 1.807) is 12.3 Å².